The van der Waals surface area contributed by atoms with E-state index in [4.69, 9.17) is 11.6 Å². The van der Waals surface area contributed by atoms with E-state index in [-0.39, 0.29) is 12.3 Å². The number of nitrogens with one attached hydrogen (secondary N) is 1. The summed E-state index contributed by atoms with van der Waals surface area (Å²) in [7, 11) is 0. The van der Waals surface area contributed by atoms with Gasteiger partial charge in [-0.1, -0.05) is 30.7 Å². The van der Waals surface area contributed by atoms with Crippen LogP contribution in [-0.2, 0) is 4.79 Å². The van der Waals surface area contributed by atoms with Crippen LogP contribution in [0.5, 0.6) is 0 Å². The second-order valence-electron chi connectivity index (χ2n) is 6.52. The molecule has 1 heterocycles. The van der Waals surface area contributed by atoms with Gasteiger partial charge >= 0.3 is 0 Å². The molecule has 4 nitrogen and oxygen atoms in total. The molecule has 1 aliphatic heterocycles. The summed E-state index contributed by atoms with van der Waals surface area (Å²) in [5.41, 5.74) is 0.715. The van der Waals surface area contributed by atoms with Gasteiger partial charge in [0.25, 0.3) is 0 Å². The topological polar surface area (TPSA) is 52.6 Å². The van der Waals surface area contributed by atoms with Crippen molar-refractivity contribution in [3.8, 4) is 0 Å². The van der Waals surface area contributed by atoms with E-state index < -0.39 is 6.10 Å². The lowest BCUT2D eigenvalue weighted by Crippen LogP contribution is -2.36. The maximum Gasteiger partial charge on any atom is 0.222 e. The minimum atomic E-state index is -0.782. The average Bonchev–Trinajstić information content (AvgIpc) is 2.52. The lowest BCUT2D eigenvalue weighted by Gasteiger charge is -2.30. The first-order valence-electron chi connectivity index (χ1n) is 8.47. The fourth-order valence-corrected chi connectivity index (χ4v) is 3.20. The van der Waals surface area contributed by atoms with Crippen LogP contribution in [0.15, 0.2) is 24.3 Å². The number of nitrogens with zero attached hydrogens (tertiary/aromatic N) is 1. The number of carbonyl (C=O) groups excluding carboxylic acids is 1. The van der Waals surface area contributed by atoms with Gasteiger partial charge in [0, 0.05) is 18.1 Å². The molecule has 5 heteroatoms. The summed E-state index contributed by atoms with van der Waals surface area (Å²) in [4.78, 5) is 14.4. The quantitative estimate of drug-likeness (QED) is 0.751. The SMILES string of the molecule is CC1CCCN(CCCNC(=O)CC(O)c2ccc(Cl)cc2)C1. The molecule has 0 radical (unpaired) electrons. The Hall–Kier alpha value is -1.10. The fraction of sp³-hybridized carbons (Fsp3) is 0.611. The van der Waals surface area contributed by atoms with Crippen LogP contribution >= 0.6 is 11.6 Å². The van der Waals surface area contributed by atoms with Crippen molar-refractivity contribution < 1.29 is 9.90 Å². The van der Waals surface area contributed by atoms with Gasteiger partial charge in [-0.2, -0.15) is 0 Å². The highest BCUT2D eigenvalue weighted by Gasteiger charge is 2.16. The molecule has 2 unspecified atom stereocenters. The zero-order valence-corrected chi connectivity index (χ0v) is 14.6. The van der Waals surface area contributed by atoms with Crippen LogP contribution in [0.4, 0.5) is 0 Å². The van der Waals surface area contributed by atoms with Crippen LogP contribution in [-0.4, -0.2) is 42.1 Å². The van der Waals surface area contributed by atoms with Crippen molar-refractivity contribution in [1.82, 2.24) is 10.2 Å². The van der Waals surface area contributed by atoms with Gasteiger partial charge in [0.1, 0.15) is 0 Å². The number of rotatable bonds is 7. The Morgan fingerprint density at radius 2 is 2.17 bits per heavy atom. The Labute approximate surface area is 143 Å². The number of amides is 1. The molecule has 2 rings (SSSR count). The van der Waals surface area contributed by atoms with Crippen LogP contribution < -0.4 is 5.32 Å². The summed E-state index contributed by atoms with van der Waals surface area (Å²) < 4.78 is 0. The summed E-state index contributed by atoms with van der Waals surface area (Å²) in [6.07, 6.45) is 2.87. The van der Waals surface area contributed by atoms with Crippen LogP contribution in [0.2, 0.25) is 5.02 Å². The molecule has 0 saturated carbocycles. The van der Waals surface area contributed by atoms with E-state index in [1.54, 1.807) is 24.3 Å². The van der Waals surface area contributed by atoms with Gasteiger partial charge < -0.3 is 15.3 Å². The van der Waals surface area contributed by atoms with Gasteiger partial charge in [-0.05, 0) is 56.0 Å². The number of hydrogen-bond acceptors (Lipinski definition) is 3. The number of piperidine rings is 1. The van der Waals surface area contributed by atoms with Crippen molar-refractivity contribution in [2.24, 2.45) is 5.92 Å². The van der Waals surface area contributed by atoms with E-state index in [1.165, 1.54) is 25.9 Å². The summed E-state index contributed by atoms with van der Waals surface area (Å²) in [6, 6.07) is 6.94. The van der Waals surface area contributed by atoms with Crippen molar-refractivity contribution in [1.29, 1.82) is 0 Å². The van der Waals surface area contributed by atoms with E-state index in [1.807, 2.05) is 0 Å². The molecule has 0 spiro atoms. The van der Waals surface area contributed by atoms with Gasteiger partial charge in [-0.25, -0.2) is 0 Å². The molecule has 0 bridgehead atoms. The van der Waals surface area contributed by atoms with Crippen molar-refractivity contribution in [3.05, 3.63) is 34.9 Å². The van der Waals surface area contributed by atoms with E-state index in [2.05, 4.69) is 17.1 Å². The number of likely N-dealkylation sites (tertiary alicyclic amines) is 1. The summed E-state index contributed by atoms with van der Waals surface area (Å²) in [5.74, 6) is 0.673. The molecule has 2 N–H and O–H groups in total. The van der Waals surface area contributed by atoms with Crippen LogP contribution in [0.1, 0.15) is 44.3 Å². The number of aliphatic hydroxyl groups excluding tert-OH is 1. The van der Waals surface area contributed by atoms with Crippen molar-refractivity contribution in [3.63, 3.8) is 0 Å². The van der Waals surface area contributed by atoms with E-state index in [0.29, 0.717) is 17.1 Å². The zero-order chi connectivity index (χ0) is 16.7. The first-order valence-corrected chi connectivity index (χ1v) is 8.85. The lowest BCUT2D eigenvalue weighted by molar-refractivity contribution is -0.123. The predicted octanol–water partition coefficient (Wildman–Crippen LogP) is 3.00. The van der Waals surface area contributed by atoms with Crippen molar-refractivity contribution >= 4 is 17.5 Å². The van der Waals surface area contributed by atoms with Crippen LogP contribution in [0.25, 0.3) is 0 Å². The Morgan fingerprint density at radius 1 is 1.43 bits per heavy atom. The van der Waals surface area contributed by atoms with E-state index in [0.717, 1.165) is 18.9 Å². The number of benzene rings is 1. The number of halogens is 1. The molecule has 23 heavy (non-hydrogen) atoms. The largest absolute Gasteiger partial charge is 0.388 e. The highest BCUT2D eigenvalue weighted by molar-refractivity contribution is 6.30. The molecular weight excluding hydrogens is 312 g/mol. The van der Waals surface area contributed by atoms with Gasteiger partial charge in [0.05, 0.1) is 12.5 Å². The maximum atomic E-state index is 11.9. The molecule has 0 aromatic heterocycles. The maximum absolute atomic E-state index is 11.9. The Morgan fingerprint density at radius 3 is 2.87 bits per heavy atom. The summed E-state index contributed by atoms with van der Waals surface area (Å²) in [6.45, 7) is 6.34. The van der Waals surface area contributed by atoms with Crippen LogP contribution in [0, 0.1) is 5.92 Å². The Balaban J connectivity index is 1.62. The second-order valence-corrected chi connectivity index (χ2v) is 6.96. The third kappa shape index (κ3) is 6.50. The number of aliphatic hydroxyl groups is 1. The summed E-state index contributed by atoms with van der Waals surface area (Å²) in [5, 5.41) is 13.6. The first-order chi connectivity index (χ1) is 11.0. The molecule has 2 atom stereocenters. The average molecular weight is 339 g/mol. The minimum absolute atomic E-state index is 0.0857. The highest BCUT2D eigenvalue weighted by Crippen LogP contribution is 2.19. The zero-order valence-electron chi connectivity index (χ0n) is 13.8. The molecule has 1 aromatic rings. The van der Waals surface area contributed by atoms with E-state index in [9.17, 15) is 9.90 Å². The fourth-order valence-electron chi connectivity index (χ4n) is 3.07. The molecule has 1 fully saturated rings. The third-order valence-corrected chi connectivity index (χ3v) is 4.60. The van der Waals surface area contributed by atoms with Gasteiger partial charge in [0.15, 0.2) is 0 Å². The Bertz CT molecular complexity index is 492. The third-order valence-electron chi connectivity index (χ3n) is 4.35. The molecule has 1 saturated heterocycles. The predicted molar refractivity (Wildman–Crippen MR) is 93.5 cm³/mol. The normalized spacial score (nSPS) is 20.2. The second kappa shape index (κ2) is 9.26. The Kier molecular flexibility index (Phi) is 7.34. The molecule has 1 amide bonds. The standard InChI is InChI=1S/C18H27ClN2O2/c1-14-4-2-10-21(13-14)11-3-9-20-18(23)12-17(22)15-5-7-16(19)8-6-15/h5-8,14,17,22H,2-4,9-13H2,1H3,(H,20,23). The van der Waals surface area contributed by atoms with Gasteiger partial charge in [-0.15, -0.1) is 0 Å². The molecular formula is C18H27ClN2O2. The minimum Gasteiger partial charge on any atom is -0.388 e. The molecule has 1 aliphatic rings. The molecule has 128 valence electrons. The van der Waals surface area contributed by atoms with Crippen molar-refractivity contribution in [2.45, 2.75) is 38.7 Å². The smallest absolute Gasteiger partial charge is 0.222 e. The first kappa shape index (κ1) is 18.2. The highest BCUT2D eigenvalue weighted by atomic mass is 35.5. The number of hydrogen-bond donors (Lipinski definition) is 2. The van der Waals surface area contributed by atoms with E-state index >= 15 is 0 Å². The van der Waals surface area contributed by atoms with Crippen molar-refractivity contribution in [2.75, 3.05) is 26.2 Å². The lowest BCUT2D eigenvalue weighted by atomic mass is 10.0. The summed E-state index contributed by atoms with van der Waals surface area (Å²) >= 11 is 5.81. The van der Waals surface area contributed by atoms with Crippen LogP contribution in [0.3, 0.4) is 0 Å². The van der Waals surface area contributed by atoms with Gasteiger partial charge in [0.2, 0.25) is 5.91 Å². The monoisotopic (exact) mass is 338 g/mol. The molecule has 0 aliphatic carbocycles. The van der Waals surface area contributed by atoms with Gasteiger partial charge in [-0.3, -0.25) is 4.79 Å². The molecule has 1 aromatic carbocycles. The number of carbonyl (C=O) groups is 1.